The molecule has 0 bridgehead atoms. The van der Waals surface area contributed by atoms with Crippen molar-refractivity contribution in [3.63, 3.8) is 0 Å². The number of amides is 1. The van der Waals surface area contributed by atoms with E-state index in [1.807, 2.05) is 17.9 Å². The number of hydrogen-bond acceptors (Lipinski definition) is 6. The molecule has 2 fully saturated rings. The van der Waals surface area contributed by atoms with Gasteiger partial charge in [0.1, 0.15) is 0 Å². The van der Waals surface area contributed by atoms with Crippen molar-refractivity contribution in [3.8, 4) is 0 Å². The second-order valence-corrected chi connectivity index (χ2v) is 7.80. The third-order valence-corrected chi connectivity index (χ3v) is 5.76. The predicted molar refractivity (Wildman–Crippen MR) is 98.6 cm³/mol. The monoisotopic (exact) mass is 370 g/mol. The Morgan fingerprint density at radius 2 is 2.11 bits per heavy atom. The minimum Gasteiger partial charge on any atom is -0.385 e. The second-order valence-electron chi connectivity index (χ2n) is 7.80. The highest BCUT2D eigenvalue weighted by Gasteiger charge is 2.42. The maximum absolute atomic E-state index is 12.8. The number of carbonyl (C=O) groups excluding carboxylic acids is 1. The van der Waals surface area contributed by atoms with Crippen molar-refractivity contribution < 1.29 is 14.1 Å². The summed E-state index contributed by atoms with van der Waals surface area (Å²) >= 11 is 0. The summed E-state index contributed by atoms with van der Waals surface area (Å²) in [5, 5.41) is 4.31. The number of ether oxygens (including phenoxy) is 1. The van der Waals surface area contributed by atoms with Gasteiger partial charge in [0.25, 0.3) is 5.91 Å². The lowest BCUT2D eigenvalue weighted by Gasteiger charge is -2.39. The Morgan fingerprint density at radius 3 is 2.78 bits per heavy atom. The van der Waals surface area contributed by atoms with E-state index in [0.29, 0.717) is 31.2 Å². The summed E-state index contributed by atoms with van der Waals surface area (Å²) in [6.45, 7) is 3.93. The number of methoxy groups -OCH3 is 1. The van der Waals surface area contributed by atoms with Gasteiger partial charge in [-0.1, -0.05) is 5.16 Å². The third kappa shape index (κ3) is 3.74. The van der Waals surface area contributed by atoms with Crippen LogP contribution < -0.4 is 0 Å². The fourth-order valence-corrected chi connectivity index (χ4v) is 3.82. The molecular formula is C20H26N4O3. The molecule has 0 atom stereocenters. The minimum absolute atomic E-state index is 0.0401. The Morgan fingerprint density at radius 1 is 1.33 bits per heavy atom. The van der Waals surface area contributed by atoms with Crippen molar-refractivity contribution in [2.24, 2.45) is 0 Å². The van der Waals surface area contributed by atoms with Crippen LogP contribution in [0.25, 0.3) is 0 Å². The van der Waals surface area contributed by atoms with E-state index in [0.717, 1.165) is 49.4 Å². The number of likely N-dealkylation sites (tertiary alicyclic amines) is 1. The number of carbonyl (C=O) groups is 1. The molecule has 0 radical (unpaired) electrons. The topological polar surface area (TPSA) is 81.4 Å². The van der Waals surface area contributed by atoms with E-state index in [-0.39, 0.29) is 11.3 Å². The molecule has 0 N–H and O–H groups in total. The first-order valence-corrected chi connectivity index (χ1v) is 9.65. The van der Waals surface area contributed by atoms with Crippen molar-refractivity contribution in [2.45, 2.75) is 50.4 Å². The number of rotatable bonds is 6. The molecular weight excluding hydrogens is 344 g/mol. The van der Waals surface area contributed by atoms with Crippen LogP contribution in [0.1, 0.15) is 65.7 Å². The number of pyridine rings is 1. The molecule has 0 spiro atoms. The van der Waals surface area contributed by atoms with Crippen LogP contribution in [0.4, 0.5) is 0 Å². The summed E-state index contributed by atoms with van der Waals surface area (Å²) in [6, 6.07) is 1.89. The Balaban J connectivity index is 1.49. The van der Waals surface area contributed by atoms with Gasteiger partial charge in [0.15, 0.2) is 5.82 Å². The largest absolute Gasteiger partial charge is 0.385 e. The van der Waals surface area contributed by atoms with E-state index in [2.05, 4.69) is 10.1 Å². The van der Waals surface area contributed by atoms with Gasteiger partial charge in [0, 0.05) is 50.5 Å². The van der Waals surface area contributed by atoms with Crippen LogP contribution in [-0.4, -0.2) is 52.7 Å². The Bertz CT molecular complexity index is 807. The molecule has 1 aliphatic heterocycles. The fraction of sp³-hybridized carbons (Fsp3) is 0.600. The van der Waals surface area contributed by atoms with Crippen molar-refractivity contribution in [1.29, 1.82) is 0 Å². The van der Waals surface area contributed by atoms with E-state index in [4.69, 9.17) is 14.2 Å². The number of aromatic nitrogens is 3. The van der Waals surface area contributed by atoms with Crippen LogP contribution in [0.5, 0.6) is 0 Å². The SMILES string of the molecule is COCCC1(c2noc(C3CC3)n2)CCN(C(=O)c2cncc(C)c2)CC1. The van der Waals surface area contributed by atoms with Gasteiger partial charge in [0.2, 0.25) is 5.89 Å². The molecule has 0 unspecified atom stereocenters. The van der Waals surface area contributed by atoms with Crippen LogP contribution in [-0.2, 0) is 10.2 Å². The van der Waals surface area contributed by atoms with Crippen molar-refractivity contribution in [2.75, 3.05) is 26.8 Å². The molecule has 1 saturated heterocycles. The van der Waals surface area contributed by atoms with Crippen LogP contribution in [0.3, 0.4) is 0 Å². The van der Waals surface area contributed by atoms with Crippen molar-refractivity contribution >= 4 is 5.91 Å². The van der Waals surface area contributed by atoms with Gasteiger partial charge < -0.3 is 14.2 Å². The zero-order chi connectivity index (χ0) is 18.9. The normalized spacial score (nSPS) is 19.3. The first-order chi connectivity index (χ1) is 13.1. The highest BCUT2D eigenvalue weighted by Crippen LogP contribution is 2.42. The van der Waals surface area contributed by atoms with E-state index in [1.54, 1.807) is 19.5 Å². The molecule has 1 amide bonds. The zero-order valence-electron chi connectivity index (χ0n) is 16.0. The van der Waals surface area contributed by atoms with Gasteiger partial charge in [-0.15, -0.1) is 0 Å². The molecule has 144 valence electrons. The van der Waals surface area contributed by atoms with Gasteiger partial charge in [-0.25, -0.2) is 0 Å². The Hall–Kier alpha value is -2.28. The first kappa shape index (κ1) is 18.1. The molecule has 7 heteroatoms. The Labute approximate surface area is 159 Å². The van der Waals surface area contributed by atoms with Crippen molar-refractivity contribution in [1.82, 2.24) is 20.0 Å². The van der Waals surface area contributed by atoms with Gasteiger partial charge >= 0.3 is 0 Å². The van der Waals surface area contributed by atoms with Gasteiger partial charge in [-0.2, -0.15) is 4.98 Å². The molecule has 2 aromatic rings. The number of hydrogen-bond donors (Lipinski definition) is 0. The van der Waals surface area contributed by atoms with Gasteiger partial charge in [0.05, 0.1) is 5.56 Å². The van der Waals surface area contributed by atoms with Crippen LogP contribution >= 0.6 is 0 Å². The van der Waals surface area contributed by atoms with Crippen LogP contribution in [0.15, 0.2) is 23.0 Å². The third-order valence-electron chi connectivity index (χ3n) is 5.76. The summed E-state index contributed by atoms with van der Waals surface area (Å²) in [5.41, 5.74) is 1.45. The molecule has 2 aliphatic rings. The second kappa shape index (κ2) is 7.38. The predicted octanol–water partition coefficient (Wildman–Crippen LogP) is 2.86. The van der Waals surface area contributed by atoms with E-state index in [1.165, 1.54) is 0 Å². The number of piperidine rings is 1. The minimum atomic E-state index is -0.186. The molecule has 1 aliphatic carbocycles. The van der Waals surface area contributed by atoms with E-state index < -0.39 is 0 Å². The molecule has 1 saturated carbocycles. The molecule has 2 aromatic heterocycles. The Kier molecular flexibility index (Phi) is 4.95. The van der Waals surface area contributed by atoms with Gasteiger partial charge in [-0.3, -0.25) is 9.78 Å². The van der Waals surface area contributed by atoms with E-state index in [9.17, 15) is 4.79 Å². The highest BCUT2D eigenvalue weighted by atomic mass is 16.5. The van der Waals surface area contributed by atoms with Crippen molar-refractivity contribution in [3.05, 3.63) is 41.3 Å². The van der Waals surface area contributed by atoms with Crippen LogP contribution in [0, 0.1) is 6.92 Å². The fourth-order valence-electron chi connectivity index (χ4n) is 3.82. The lowest BCUT2D eigenvalue weighted by molar-refractivity contribution is 0.0615. The maximum Gasteiger partial charge on any atom is 0.255 e. The standard InChI is InChI=1S/C20H26N4O3/c1-14-11-16(13-21-12-14)18(25)24-8-5-20(6-9-24,7-10-26-2)19-22-17(27-23-19)15-3-4-15/h11-13,15H,3-10H2,1-2H3. The summed E-state index contributed by atoms with van der Waals surface area (Å²) in [5.74, 6) is 2.04. The smallest absolute Gasteiger partial charge is 0.255 e. The lowest BCUT2D eigenvalue weighted by Crippen LogP contribution is -2.46. The summed E-state index contributed by atoms with van der Waals surface area (Å²) < 4.78 is 10.9. The number of nitrogens with zero attached hydrogens (tertiary/aromatic N) is 4. The molecule has 3 heterocycles. The highest BCUT2D eigenvalue weighted by molar-refractivity contribution is 5.94. The lowest BCUT2D eigenvalue weighted by atomic mass is 9.75. The molecule has 7 nitrogen and oxygen atoms in total. The summed E-state index contributed by atoms with van der Waals surface area (Å²) in [4.78, 5) is 23.6. The molecule has 27 heavy (non-hydrogen) atoms. The summed E-state index contributed by atoms with van der Waals surface area (Å²) in [6.07, 6.45) is 8.13. The average Bonchev–Trinajstić information content (AvgIpc) is 3.42. The average molecular weight is 370 g/mol. The maximum atomic E-state index is 12.8. The molecule has 4 rings (SSSR count). The van der Waals surface area contributed by atoms with Gasteiger partial charge in [-0.05, 0) is 50.7 Å². The molecule has 0 aromatic carbocycles. The van der Waals surface area contributed by atoms with E-state index >= 15 is 0 Å². The zero-order valence-corrected chi connectivity index (χ0v) is 16.0. The number of aryl methyl sites for hydroxylation is 1. The quantitative estimate of drug-likeness (QED) is 0.778. The van der Waals surface area contributed by atoms with Crippen LogP contribution in [0.2, 0.25) is 0 Å². The first-order valence-electron chi connectivity index (χ1n) is 9.65. The summed E-state index contributed by atoms with van der Waals surface area (Å²) in [7, 11) is 1.71.